The van der Waals surface area contributed by atoms with Gasteiger partial charge in [-0.15, -0.1) is 0 Å². The molecule has 0 unspecified atom stereocenters. The van der Waals surface area contributed by atoms with Gasteiger partial charge in [0.15, 0.2) is 0 Å². The first kappa shape index (κ1) is 8.91. The minimum Gasteiger partial charge on any atom is -0.481 e. The Bertz CT molecular complexity index is 132. The first-order chi connectivity index (χ1) is 5.29. The maximum Gasteiger partial charge on any atom is 0.304 e. The highest BCUT2D eigenvalue weighted by atomic mass is 32.2. The zero-order valence-electron chi connectivity index (χ0n) is 6.58. The Balaban J connectivity index is 1.83. The van der Waals surface area contributed by atoms with Gasteiger partial charge in [0.1, 0.15) is 0 Å². The highest BCUT2D eigenvalue weighted by molar-refractivity contribution is 7.99. The molecule has 1 aliphatic rings. The van der Waals surface area contributed by atoms with Crippen LogP contribution in [0.5, 0.6) is 0 Å². The van der Waals surface area contributed by atoms with E-state index >= 15 is 0 Å². The summed E-state index contributed by atoms with van der Waals surface area (Å²) in [6, 6.07) is 0. The molecule has 0 aromatic heterocycles. The van der Waals surface area contributed by atoms with Gasteiger partial charge in [0.25, 0.3) is 0 Å². The summed E-state index contributed by atoms with van der Waals surface area (Å²) in [6.07, 6.45) is 4.42. The first-order valence-electron chi connectivity index (χ1n) is 4.08. The Morgan fingerprint density at radius 2 is 2.27 bits per heavy atom. The van der Waals surface area contributed by atoms with E-state index in [0.717, 1.165) is 11.7 Å². The lowest BCUT2D eigenvalue weighted by Gasteiger charge is -2.24. The number of carboxylic acid groups (broad SMARTS) is 1. The number of hydrogen-bond donors (Lipinski definition) is 1. The van der Waals surface area contributed by atoms with Crippen molar-refractivity contribution in [3.63, 3.8) is 0 Å². The quantitative estimate of drug-likeness (QED) is 0.648. The van der Waals surface area contributed by atoms with Crippen molar-refractivity contribution in [2.75, 3.05) is 11.5 Å². The highest BCUT2D eigenvalue weighted by Crippen LogP contribution is 2.29. The number of aliphatic carboxylic acids is 1. The van der Waals surface area contributed by atoms with Crippen molar-refractivity contribution in [2.45, 2.75) is 25.7 Å². The Hall–Kier alpha value is -0.180. The molecule has 1 N–H and O–H groups in total. The lowest BCUT2D eigenvalue weighted by Crippen LogP contribution is -2.13. The highest BCUT2D eigenvalue weighted by Gasteiger charge is 2.16. The van der Waals surface area contributed by atoms with Crippen molar-refractivity contribution >= 4 is 17.7 Å². The second-order valence-electron chi connectivity index (χ2n) is 3.02. The van der Waals surface area contributed by atoms with Crippen LogP contribution in [0.4, 0.5) is 0 Å². The van der Waals surface area contributed by atoms with E-state index < -0.39 is 5.97 Å². The van der Waals surface area contributed by atoms with E-state index in [9.17, 15) is 4.79 Å². The number of carbonyl (C=O) groups is 1. The van der Waals surface area contributed by atoms with Gasteiger partial charge in [0.05, 0.1) is 6.42 Å². The van der Waals surface area contributed by atoms with Crippen LogP contribution in [0.2, 0.25) is 0 Å². The fourth-order valence-electron chi connectivity index (χ4n) is 1.07. The average molecular weight is 174 g/mol. The van der Waals surface area contributed by atoms with Crippen LogP contribution >= 0.6 is 11.8 Å². The topological polar surface area (TPSA) is 37.3 Å². The molecule has 0 heterocycles. The molecule has 1 saturated carbocycles. The fourth-order valence-corrected chi connectivity index (χ4v) is 2.22. The lowest BCUT2D eigenvalue weighted by molar-refractivity contribution is -0.136. The molecule has 0 spiro atoms. The van der Waals surface area contributed by atoms with Crippen LogP contribution in [-0.2, 0) is 4.79 Å². The molecule has 1 rings (SSSR count). The normalized spacial score (nSPS) is 17.8. The van der Waals surface area contributed by atoms with Gasteiger partial charge in [-0.2, -0.15) is 11.8 Å². The molecule has 11 heavy (non-hydrogen) atoms. The first-order valence-corrected chi connectivity index (χ1v) is 5.24. The number of thioether (sulfide) groups is 1. The molecule has 64 valence electrons. The second-order valence-corrected chi connectivity index (χ2v) is 4.17. The molecule has 0 aromatic carbocycles. The van der Waals surface area contributed by atoms with Gasteiger partial charge < -0.3 is 5.11 Å². The Morgan fingerprint density at radius 3 is 2.73 bits per heavy atom. The van der Waals surface area contributed by atoms with E-state index in [0.29, 0.717) is 6.42 Å². The summed E-state index contributed by atoms with van der Waals surface area (Å²) >= 11 is 1.78. The van der Waals surface area contributed by atoms with Crippen molar-refractivity contribution in [1.29, 1.82) is 0 Å². The molecule has 2 nitrogen and oxygen atoms in total. The molecule has 1 fully saturated rings. The molecule has 0 aromatic rings. The molecule has 1 aliphatic carbocycles. The second kappa shape index (κ2) is 4.65. The number of hydrogen-bond acceptors (Lipinski definition) is 2. The van der Waals surface area contributed by atoms with Crippen LogP contribution in [0.15, 0.2) is 0 Å². The zero-order chi connectivity index (χ0) is 8.10. The van der Waals surface area contributed by atoms with Crippen molar-refractivity contribution < 1.29 is 9.90 Å². The van der Waals surface area contributed by atoms with Crippen LogP contribution in [0.1, 0.15) is 25.7 Å². The monoisotopic (exact) mass is 174 g/mol. The van der Waals surface area contributed by atoms with Gasteiger partial charge in [-0.1, -0.05) is 6.42 Å². The summed E-state index contributed by atoms with van der Waals surface area (Å²) in [7, 11) is 0. The predicted molar refractivity (Wildman–Crippen MR) is 46.9 cm³/mol. The average Bonchev–Trinajstić information content (AvgIpc) is 1.82. The summed E-state index contributed by atoms with van der Waals surface area (Å²) < 4.78 is 0. The SMILES string of the molecule is O=C(O)CCSCC1CCC1. The fraction of sp³-hybridized carbons (Fsp3) is 0.875. The smallest absolute Gasteiger partial charge is 0.304 e. The van der Waals surface area contributed by atoms with E-state index in [2.05, 4.69) is 0 Å². The van der Waals surface area contributed by atoms with Crippen molar-refractivity contribution in [2.24, 2.45) is 5.92 Å². The standard InChI is InChI=1S/C8H14O2S/c9-8(10)4-5-11-6-7-2-1-3-7/h7H,1-6H2,(H,9,10). The van der Waals surface area contributed by atoms with Crippen LogP contribution in [-0.4, -0.2) is 22.6 Å². The molecule has 0 radical (unpaired) electrons. The Labute approximate surface area is 71.4 Å². The van der Waals surface area contributed by atoms with Crippen molar-refractivity contribution in [3.05, 3.63) is 0 Å². The lowest BCUT2D eigenvalue weighted by atomic mass is 9.87. The molecule has 0 amide bonds. The molecular formula is C8H14O2S. The third kappa shape index (κ3) is 3.65. The van der Waals surface area contributed by atoms with Crippen molar-refractivity contribution in [1.82, 2.24) is 0 Å². The Kier molecular flexibility index (Phi) is 3.77. The predicted octanol–water partition coefficient (Wildman–Crippen LogP) is 1.99. The summed E-state index contributed by atoms with van der Waals surface area (Å²) in [6.45, 7) is 0. The third-order valence-electron chi connectivity index (χ3n) is 2.04. The van der Waals surface area contributed by atoms with E-state index in [1.807, 2.05) is 0 Å². The summed E-state index contributed by atoms with van der Waals surface area (Å²) in [4.78, 5) is 10.1. The third-order valence-corrected chi connectivity index (χ3v) is 3.24. The zero-order valence-corrected chi connectivity index (χ0v) is 7.40. The minimum atomic E-state index is -0.675. The van der Waals surface area contributed by atoms with E-state index in [-0.39, 0.29) is 0 Å². The summed E-state index contributed by atoms with van der Waals surface area (Å²) in [5, 5.41) is 8.34. The van der Waals surface area contributed by atoms with Crippen molar-refractivity contribution in [3.8, 4) is 0 Å². The van der Waals surface area contributed by atoms with Crippen LogP contribution in [0, 0.1) is 5.92 Å². The Morgan fingerprint density at radius 1 is 1.55 bits per heavy atom. The molecular weight excluding hydrogens is 160 g/mol. The minimum absolute atomic E-state index is 0.317. The van der Waals surface area contributed by atoms with Gasteiger partial charge in [-0.05, 0) is 24.5 Å². The van der Waals surface area contributed by atoms with E-state index in [1.165, 1.54) is 25.0 Å². The molecule has 3 heteroatoms. The maximum absolute atomic E-state index is 10.1. The molecule has 0 bridgehead atoms. The number of carboxylic acids is 1. The molecule has 0 atom stereocenters. The molecule has 0 saturated heterocycles. The van der Waals surface area contributed by atoms with Gasteiger partial charge in [0, 0.05) is 5.75 Å². The maximum atomic E-state index is 10.1. The van der Waals surface area contributed by atoms with Gasteiger partial charge in [0.2, 0.25) is 0 Å². The largest absolute Gasteiger partial charge is 0.481 e. The van der Waals surface area contributed by atoms with Crippen LogP contribution < -0.4 is 0 Å². The van der Waals surface area contributed by atoms with Crippen LogP contribution in [0.3, 0.4) is 0 Å². The molecule has 0 aliphatic heterocycles. The van der Waals surface area contributed by atoms with Gasteiger partial charge in [-0.25, -0.2) is 0 Å². The number of rotatable bonds is 5. The van der Waals surface area contributed by atoms with Gasteiger partial charge in [-0.3, -0.25) is 4.79 Å². The summed E-state index contributed by atoms with van der Waals surface area (Å²) in [5.74, 6) is 2.18. The van der Waals surface area contributed by atoms with E-state index in [4.69, 9.17) is 5.11 Å². The van der Waals surface area contributed by atoms with Gasteiger partial charge >= 0.3 is 5.97 Å². The van der Waals surface area contributed by atoms with E-state index in [1.54, 1.807) is 11.8 Å². The summed E-state index contributed by atoms with van der Waals surface area (Å²) in [5.41, 5.74) is 0. The van der Waals surface area contributed by atoms with Crippen LogP contribution in [0.25, 0.3) is 0 Å².